The number of carbonyl (C=O) groups excluding carboxylic acids is 1. The fourth-order valence-electron chi connectivity index (χ4n) is 0.282. The first kappa shape index (κ1) is 6.43. The van der Waals surface area contributed by atoms with Crippen LogP contribution in [0, 0.1) is 0 Å². The van der Waals surface area contributed by atoms with E-state index in [1.807, 2.05) is 6.92 Å². The molecule has 7 heavy (non-hydrogen) atoms. The van der Waals surface area contributed by atoms with Gasteiger partial charge in [0.25, 0.3) is 0 Å². The fraction of sp³-hybridized carbons (Fsp3) is 0.750. The molecule has 0 aromatic heterocycles. The molecule has 0 rings (SSSR count). The van der Waals surface area contributed by atoms with Gasteiger partial charge in [-0.25, -0.2) is 5.06 Å². The van der Waals surface area contributed by atoms with Gasteiger partial charge in [0.15, 0.2) is 0 Å². The quantitative estimate of drug-likeness (QED) is 0.316. The molecule has 0 unspecified atom stereocenters. The van der Waals surface area contributed by atoms with Crippen molar-refractivity contribution in [2.24, 2.45) is 0 Å². The summed E-state index contributed by atoms with van der Waals surface area (Å²) in [4.78, 5) is 9.57. The van der Waals surface area contributed by atoms with Crippen molar-refractivity contribution in [1.29, 1.82) is 0 Å². The van der Waals surface area contributed by atoms with Crippen molar-refractivity contribution >= 4 is 6.41 Å². The van der Waals surface area contributed by atoms with E-state index < -0.39 is 0 Å². The van der Waals surface area contributed by atoms with Crippen LogP contribution in [0.25, 0.3) is 0 Å². The van der Waals surface area contributed by atoms with E-state index in [9.17, 15) is 4.79 Å². The van der Waals surface area contributed by atoms with Crippen LogP contribution in [0.4, 0.5) is 0 Å². The van der Waals surface area contributed by atoms with E-state index in [-0.39, 0.29) is 0 Å². The van der Waals surface area contributed by atoms with E-state index in [1.165, 1.54) is 0 Å². The minimum Gasteiger partial charge on any atom is -0.286 e. The summed E-state index contributed by atoms with van der Waals surface area (Å²) in [6.45, 7) is 2.30. The van der Waals surface area contributed by atoms with Crippen LogP contribution in [0.15, 0.2) is 0 Å². The van der Waals surface area contributed by atoms with Crippen LogP contribution in [0.2, 0.25) is 0 Å². The molecular formula is C4H9NO2. The summed E-state index contributed by atoms with van der Waals surface area (Å²) in [5.74, 6) is 0. The molecule has 0 aromatic rings. The Bertz CT molecular complexity index is 55.7. The van der Waals surface area contributed by atoms with Crippen LogP contribution in [0.1, 0.15) is 13.3 Å². The number of rotatable bonds is 3. The Hall–Kier alpha value is -0.570. The maximum absolute atomic E-state index is 9.57. The third-order valence-corrected chi connectivity index (χ3v) is 0.574. The molecule has 3 nitrogen and oxygen atoms in total. The van der Waals surface area contributed by atoms with E-state index in [0.29, 0.717) is 18.0 Å². The minimum absolute atomic E-state index is 0.392. The lowest BCUT2D eigenvalue weighted by Crippen LogP contribution is -2.16. The molecule has 1 N–H and O–H groups in total. The Morgan fingerprint density at radius 2 is 2.43 bits per heavy atom. The Labute approximate surface area is 42.5 Å². The average Bonchev–Trinajstić information content (AvgIpc) is 1.68. The first-order chi connectivity index (χ1) is 3.31. The van der Waals surface area contributed by atoms with Crippen molar-refractivity contribution < 1.29 is 10.0 Å². The lowest BCUT2D eigenvalue weighted by Gasteiger charge is -2.02. The number of nitrogens with zero attached hydrogens (tertiary/aromatic N) is 1. The van der Waals surface area contributed by atoms with Gasteiger partial charge >= 0.3 is 0 Å². The Morgan fingerprint density at radius 1 is 1.86 bits per heavy atom. The molecule has 0 saturated heterocycles. The second-order valence-electron chi connectivity index (χ2n) is 1.27. The second-order valence-corrected chi connectivity index (χ2v) is 1.27. The van der Waals surface area contributed by atoms with Gasteiger partial charge < -0.3 is 0 Å². The SMILES string of the molecule is CCCN(O)C=O. The van der Waals surface area contributed by atoms with Crippen LogP contribution in [0.5, 0.6) is 0 Å². The van der Waals surface area contributed by atoms with Gasteiger partial charge in [0.2, 0.25) is 6.41 Å². The fourth-order valence-corrected chi connectivity index (χ4v) is 0.282. The normalized spacial score (nSPS) is 8.29. The van der Waals surface area contributed by atoms with Crippen LogP contribution in [-0.2, 0) is 4.79 Å². The van der Waals surface area contributed by atoms with Gasteiger partial charge in [0.1, 0.15) is 0 Å². The minimum atomic E-state index is 0.392. The second kappa shape index (κ2) is 3.61. The lowest BCUT2D eigenvalue weighted by molar-refractivity contribution is -0.149. The summed E-state index contributed by atoms with van der Waals surface area (Å²) in [6, 6.07) is 0. The number of hydrogen-bond acceptors (Lipinski definition) is 2. The van der Waals surface area contributed by atoms with E-state index in [4.69, 9.17) is 5.21 Å². The van der Waals surface area contributed by atoms with Crippen molar-refractivity contribution in [2.75, 3.05) is 6.54 Å². The number of hydrogen-bond donors (Lipinski definition) is 1. The van der Waals surface area contributed by atoms with Crippen molar-refractivity contribution in [1.82, 2.24) is 5.06 Å². The summed E-state index contributed by atoms with van der Waals surface area (Å²) in [5.41, 5.74) is 0. The van der Waals surface area contributed by atoms with E-state index in [1.54, 1.807) is 0 Å². The van der Waals surface area contributed by atoms with Gasteiger partial charge in [-0.15, -0.1) is 0 Å². The molecule has 0 heterocycles. The van der Waals surface area contributed by atoms with Gasteiger partial charge in [-0.2, -0.15) is 0 Å². The van der Waals surface area contributed by atoms with Crippen molar-refractivity contribution in [2.45, 2.75) is 13.3 Å². The molecule has 0 fully saturated rings. The van der Waals surface area contributed by atoms with Crippen LogP contribution < -0.4 is 0 Å². The van der Waals surface area contributed by atoms with Gasteiger partial charge in [-0.05, 0) is 6.42 Å². The summed E-state index contributed by atoms with van der Waals surface area (Å²) in [7, 11) is 0. The Balaban J connectivity index is 2.98. The maximum atomic E-state index is 9.57. The molecule has 0 radical (unpaired) electrons. The smallest absolute Gasteiger partial charge is 0.233 e. The third kappa shape index (κ3) is 3.26. The molecule has 0 aromatic carbocycles. The van der Waals surface area contributed by atoms with E-state index in [2.05, 4.69) is 0 Å². The van der Waals surface area contributed by atoms with Crippen molar-refractivity contribution in [3.8, 4) is 0 Å². The number of carbonyl (C=O) groups is 1. The molecule has 0 saturated carbocycles. The highest BCUT2D eigenvalue weighted by Gasteiger charge is 1.87. The Morgan fingerprint density at radius 3 is 2.57 bits per heavy atom. The highest BCUT2D eigenvalue weighted by Crippen LogP contribution is 1.77. The standard InChI is InChI=1S/C4H9NO2/c1-2-3-5(7)4-6/h4,7H,2-3H2,1H3. The largest absolute Gasteiger partial charge is 0.286 e. The topological polar surface area (TPSA) is 40.5 Å². The van der Waals surface area contributed by atoms with Crippen LogP contribution in [-0.4, -0.2) is 23.2 Å². The highest BCUT2D eigenvalue weighted by molar-refractivity contribution is 5.44. The average molecular weight is 103 g/mol. The summed E-state index contributed by atoms with van der Waals surface area (Å²) in [5, 5.41) is 8.95. The van der Waals surface area contributed by atoms with Gasteiger partial charge in [-0.3, -0.25) is 10.0 Å². The van der Waals surface area contributed by atoms with Crippen molar-refractivity contribution in [3.05, 3.63) is 0 Å². The molecular weight excluding hydrogens is 94.0 g/mol. The first-order valence-electron chi connectivity index (χ1n) is 2.22. The summed E-state index contributed by atoms with van der Waals surface area (Å²) in [6.07, 6.45) is 1.18. The molecule has 1 amide bonds. The predicted molar refractivity (Wildman–Crippen MR) is 24.8 cm³/mol. The number of hydroxylamine groups is 2. The monoisotopic (exact) mass is 103 g/mol. The first-order valence-corrected chi connectivity index (χ1v) is 2.22. The van der Waals surface area contributed by atoms with Crippen molar-refractivity contribution in [3.63, 3.8) is 0 Å². The molecule has 0 aliphatic heterocycles. The zero-order valence-corrected chi connectivity index (χ0v) is 4.29. The zero-order chi connectivity index (χ0) is 5.70. The number of amides is 1. The molecule has 0 aliphatic carbocycles. The summed E-state index contributed by atoms with van der Waals surface area (Å²) < 4.78 is 0. The highest BCUT2D eigenvalue weighted by atomic mass is 16.5. The molecule has 42 valence electrons. The predicted octanol–water partition coefficient (Wildman–Crippen LogP) is 0.244. The molecule has 0 bridgehead atoms. The molecule has 0 aliphatic rings. The third-order valence-electron chi connectivity index (χ3n) is 0.574. The van der Waals surface area contributed by atoms with Gasteiger partial charge in [0.05, 0.1) is 0 Å². The molecule has 0 atom stereocenters. The van der Waals surface area contributed by atoms with E-state index >= 15 is 0 Å². The van der Waals surface area contributed by atoms with Gasteiger partial charge in [0, 0.05) is 6.54 Å². The Kier molecular flexibility index (Phi) is 3.32. The summed E-state index contributed by atoms with van der Waals surface area (Å²) >= 11 is 0. The lowest BCUT2D eigenvalue weighted by atomic mass is 10.5. The van der Waals surface area contributed by atoms with E-state index in [0.717, 1.165) is 6.42 Å². The maximum Gasteiger partial charge on any atom is 0.233 e. The van der Waals surface area contributed by atoms with Gasteiger partial charge in [-0.1, -0.05) is 6.92 Å². The molecule has 0 spiro atoms. The van der Waals surface area contributed by atoms with Crippen LogP contribution >= 0.6 is 0 Å². The molecule has 3 heteroatoms. The van der Waals surface area contributed by atoms with Crippen LogP contribution in [0.3, 0.4) is 0 Å². The zero-order valence-electron chi connectivity index (χ0n) is 4.29.